The molecule has 30 heavy (non-hydrogen) atoms. The summed E-state index contributed by atoms with van der Waals surface area (Å²) in [5.74, 6) is 2.93. The molecule has 1 aromatic heterocycles. The number of fused-ring (bicyclic) bond motifs is 1. The van der Waals surface area contributed by atoms with E-state index in [4.69, 9.17) is 14.5 Å². The van der Waals surface area contributed by atoms with Crippen molar-refractivity contribution in [2.24, 2.45) is 0 Å². The van der Waals surface area contributed by atoms with Crippen molar-refractivity contribution in [2.75, 3.05) is 19.0 Å². The van der Waals surface area contributed by atoms with E-state index in [0.717, 1.165) is 79.1 Å². The van der Waals surface area contributed by atoms with E-state index in [0.29, 0.717) is 0 Å². The molecule has 0 saturated heterocycles. The van der Waals surface area contributed by atoms with Crippen molar-refractivity contribution in [1.29, 1.82) is 0 Å². The van der Waals surface area contributed by atoms with Crippen LogP contribution in [0.1, 0.15) is 39.5 Å². The molecule has 0 N–H and O–H groups in total. The van der Waals surface area contributed by atoms with Crippen molar-refractivity contribution in [3.63, 3.8) is 0 Å². The van der Waals surface area contributed by atoms with Gasteiger partial charge >= 0.3 is 0 Å². The van der Waals surface area contributed by atoms with Gasteiger partial charge in [-0.05, 0) is 61.4 Å². The van der Waals surface area contributed by atoms with Crippen LogP contribution in [0.5, 0.6) is 11.5 Å². The summed E-state index contributed by atoms with van der Waals surface area (Å²) in [5, 5.41) is 1.10. The molecule has 1 aliphatic rings. The number of nitrogens with zero attached hydrogens (tertiary/aromatic N) is 2. The van der Waals surface area contributed by atoms with Gasteiger partial charge in [0.1, 0.15) is 11.5 Å². The first-order valence-electron chi connectivity index (χ1n) is 11.0. The number of benzene rings is 2. The Kier molecular flexibility index (Phi) is 7.00. The fourth-order valence-electron chi connectivity index (χ4n) is 3.56. The fraction of sp³-hybridized carbons (Fsp3) is 0.400. The lowest BCUT2D eigenvalue weighted by Gasteiger charge is -2.11. The van der Waals surface area contributed by atoms with Crippen LogP contribution in [0.15, 0.2) is 53.7 Å². The third-order valence-electron chi connectivity index (χ3n) is 5.27. The highest BCUT2D eigenvalue weighted by atomic mass is 32.2. The Morgan fingerprint density at radius 3 is 1.97 bits per heavy atom. The molecule has 1 aliphatic heterocycles. The SMILES string of the molecule is CCCCOc1ccc(-c2nc3n(c2-c2ccc(OCCCC)cc2)CCS3)cc1. The summed E-state index contributed by atoms with van der Waals surface area (Å²) in [5.41, 5.74) is 4.53. The van der Waals surface area contributed by atoms with Crippen molar-refractivity contribution in [2.45, 2.75) is 51.2 Å². The van der Waals surface area contributed by atoms with Crippen LogP contribution >= 0.6 is 11.8 Å². The normalized spacial score (nSPS) is 12.7. The van der Waals surface area contributed by atoms with Crippen LogP contribution in [-0.4, -0.2) is 28.5 Å². The van der Waals surface area contributed by atoms with Gasteiger partial charge in [-0.2, -0.15) is 0 Å². The van der Waals surface area contributed by atoms with Crippen LogP contribution in [0.25, 0.3) is 22.5 Å². The molecule has 3 aromatic rings. The Hall–Kier alpha value is -2.40. The Labute approximate surface area is 183 Å². The van der Waals surface area contributed by atoms with Gasteiger partial charge in [0.05, 0.1) is 24.6 Å². The molecule has 0 radical (unpaired) electrons. The third kappa shape index (κ3) is 4.67. The van der Waals surface area contributed by atoms with Crippen molar-refractivity contribution in [3.8, 4) is 34.0 Å². The Morgan fingerprint density at radius 2 is 1.40 bits per heavy atom. The second-order valence-electron chi connectivity index (χ2n) is 7.54. The summed E-state index contributed by atoms with van der Waals surface area (Å²) in [6.45, 7) is 6.88. The molecular formula is C25H30N2O2S. The molecule has 0 aliphatic carbocycles. The van der Waals surface area contributed by atoms with Crippen LogP contribution in [0.3, 0.4) is 0 Å². The number of imidazole rings is 1. The van der Waals surface area contributed by atoms with E-state index in [1.54, 1.807) is 0 Å². The second kappa shape index (κ2) is 10.1. The molecule has 4 nitrogen and oxygen atoms in total. The Morgan fingerprint density at radius 1 is 0.833 bits per heavy atom. The monoisotopic (exact) mass is 422 g/mol. The zero-order valence-corrected chi connectivity index (χ0v) is 18.7. The summed E-state index contributed by atoms with van der Waals surface area (Å²) in [4.78, 5) is 4.98. The van der Waals surface area contributed by atoms with Gasteiger partial charge in [0.25, 0.3) is 0 Å². The van der Waals surface area contributed by atoms with Crippen molar-refractivity contribution < 1.29 is 9.47 Å². The predicted octanol–water partition coefficient (Wildman–Crippen LogP) is 6.68. The minimum absolute atomic E-state index is 0.767. The highest BCUT2D eigenvalue weighted by molar-refractivity contribution is 7.99. The maximum atomic E-state index is 5.84. The average molecular weight is 423 g/mol. The predicted molar refractivity (Wildman–Crippen MR) is 125 cm³/mol. The van der Waals surface area contributed by atoms with E-state index in [1.807, 2.05) is 11.8 Å². The molecule has 0 unspecified atom stereocenters. The number of unbranched alkanes of at least 4 members (excludes halogenated alkanes) is 2. The number of aromatic nitrogens is 2. The van der Waals surface area contributed by atoms with Gasteiger partial charge in [0.2, 0.25) is 0 Å². The fourth-order valence-corrected chi connectivity index (χ4v) is 4.51. The Bertz CT molecular complexity index is 949. The Balaban J connectivity index is 1.60. The summed E-state index contributed by atoms with van der Waals surface area (Å²) in [7, 11) is 0. The summed E-state index contributed by atoms with van der Waals surface area (Å²) in [6, 6.07) is 16.8. The van der Waals surface area contributed by atoms with Crippen LogP contribution in [0.4, 0.5) is 0 Å². The van der Waals surface area contributed by atoms with Crippen LogP contribution in [0.2, 0.25) is 0 Å². The third-order valence-corrected chi connectivity index (χ3v) is 6.22. The van der Waals surface area contributed by atoms with E-state index in [2.05, 4.69) is 66.9 Å². The van der Waals surface area contributed by atoms with Gasteiger partial charge in [-0.3, -0.25) is 0 Å². The van der Waals surface area contributed by atoms with E-state index in [-0.39, 0.29) is 0 Å². The molecule has 5 heteroatoms. The first kappa shape index (κ1) is 20.9. The highest BCUT2D eigenvalue weighted by Crippen LogP contribution is 2.39. The zero-order valence-electron chi connectivity index (χ0n) is 17.9. The van der Waals surface area contributed by atoms with Gasteiger partial charge in [-0.1, -0.05) is 38.5 Å². The van der Waals surface area contributed by atoms with E-state index < -0.39 is 0 Å². The molecule has 0 bridgehead atoms. The van der Waals surface area contributed by atoms with Crippen LogP contribution < -0.4 is 9.47 Å². The van der Waals surface area contributed by atoms with Gasteiger partial charge in [0, 0.05) is 23.4 Å². The molecule has 0 amide bonds. The lowest BCUT2D eigenvalue weighted by Crippen LogP contribution is -1.99. The number of rotatable bonds is 10. The molecule has 0 spiro atoms. The number of hydrogen-bond donors (Lipinski definition) is 0. The van der Waals surface area contributed by atoms with Gasteiger partial charge in [-0.15, -0.1) is 0 Å². The standard InChI is InChI=1S/C25H30N2O2S/c1-3-5-16-28-21-11-7-19(8-12-21)23-24(27-15-18-30-25(27)26-23)20-9-13-22(14-10-20)29-17-6-4-2/h7-14H,3-6,15-18H2,1-2H3. The summed E-state index contributed by atoms with van der Waals surface area (Å²) < 4.78 is 14.0. The van der Waals surface area contributed by atoms with Crippen molar-refractivity contribution in [1.82, 2.24) is 9.55 Å². The molecule has 4 rings (SSSR count). The smallest absolute Gasteiger partial charge is 0.169 e. The van der Waals surface area contributed by atoms with Crippen molar-refractivity contribution in [3.05, 3.63) is 48.5 Å². The lowest BCUT2D eigenvalue weighted by atomic mass is 10.0. The maximum absolute atomic E-state index is 5.84. The summed E-state index contributed by atoms with van der Waals surface area (Å²) >= 11 is 1.83. The molecule has 2 aromatic carbocycles. The number of hydrogen-bond acceptors (Lipinski definition) is 4. The quantitative estimate of drug-likeness (QED) is 0.341. The molecule has 2 heterocycles. The molecule has 0 atom stereocenters. The minimum Gasteiger partial charge on any atom is -0.494 e. The minimum atomic E-state index is 0.767. The van der Waals surface area contributed by atoms with Gasteiger partial charge < -0.3 is 14.0 Å². The topological polar surface area (TPSA) is 36.3 Å². The average Bonchev–Trinajstić information content (AvgIpc) is 3.37. The van der Waals surface area contributed by atoms with E-state index >= 15 is 0 Å². The maximum Gasteiger partial charge on any atom is 0.169 e. The first-order valence-corrected chi connectivity index (χ1v) is 12.0. The van der Waals surface area contributed by atoms with E-state index in [9.17, 15) is 0 Å². The largest absolute Gasteiger partial charge is 0.494 e. The van der Waals surface area contributed by atoms with Gasteiger partial charge in [-0.25, -0.2) is 4.98 Å². The lowest BCUT2D eigenvalue weighted by molar-refractivity contribution is 0.309. The van der Waals surface area contributed by atoms with Crippen LogP contribution in [0, 0.1) is 0 Å². The number of ether oxygens (including phenoxy) is 2. The first-order chi connectivity index (χ1) is 14.8. The van der Waals surface area contributed by atoms with Gasteiger partial charge in [0.15, 0.2) is 5.16 Å². The summed E-state index contributed by atoms with van der Waals surface area (Å²) in [6.07, 6.45) is 4.44. The second-order valence-corrected chi connectivity index (χ2v) is 8.61. The van der Waals surface area contributed by atoms with E-state index in [1.165, 1.54) is 11.3 Å². The molecule has 158 valence electrons. The highest BCUT2D eigenvalue weighted by Gasteiger charge is 2.23. The molecule has 0 saturated carbocycles. The molecular weight excluding hydrogens is 392 g/mol. The zero-order chi connectivity index (χ0) is 20.8. The van der Waals surface area contributed by atoms with Crippen LogP contribution in [-0.2, 0) is 6.54 Å². The van der Waals surface area contributed by atoms with Crippen molar-refractivity contribution >= 4 is 11.8 Å². The number of thioether (sulfide) groups is 1. The molecule has 0 fully saturated rings.